The van der Waals surface area contributed by atoms with Crippen LogP contribution in [0.2, 0.25) is 5.02 Å². The summed E-state index contributed by atoms with van der Waals surface area (Å²) in [7, 11) is 0. The summed E-state index contributed by atoms with van der Waals surface area (Å²) >= 11 is 9.64. The maximum absolute atomic E-state index is 10.8. The maximum Gasteiger partial charge on any atom is 0.0737 e. The molecule has 1 fully saturated rings. The number of aliphatic hydroxyl groups is 1. The normalized spacial score (nSPS) is 31.4. The lowest BCUT2D eigenvalue weighted by atomic mass is 9.78. The molecule has 2 rings (SSSR count). The van der Waals surface area contributed by atoms with Crippen molar-refractivity contribution in [3.8, 4) is 0 Å². The Morgan fingerprint density at radius 1 is 1.47 bits per heavy atom. The first kappa shape index (κ1) is 15.3. The van der Waals surface area contributed by atoms with Crippen LogP contribution in [0, 0.1) is 0 Å². The Labute approximate surface area is 128 Å². The van der Waals surface area contributed by atoms with Gasteiger partial charge in [-0.2, -0.15) is 0 Å². The number of benzene rings is 1. The molecule has 106 valence electrons. The van der Waals surface area contributed by atoms with Crippen LogP contribution in [0.5, 0.6) is 0 Å². The molecule has 2 unspecified atom stereocenters. The molecule has 4 heteroatoms. The predicted molar refractivity (Wildman–Crippen MR) is 81.7 cm³/mol. The molecule has 2 atom stereocenters. The largest absolute Gasteiger partial charge is 0.389 e. The summed E-state index contributed by atoms with van der Waals surface area (Å²) in [6, 6.07) is 5.81. The highest BCUT2D eigenvalue weighted by atomic mass is 79.9. The smallest absolute Gasteiger partial charge is 0.0737 e. The summed E-state index contributed by atoms with van der Waals surface area (Å²) < 4.78 is 6.75. The minimum Gasteiger partial charge on any atom is -0.389 e. The van der Waals surface area contributed by atoms with Gasteiger partial charge in [-0.1, -0.05) is 40.5 Å². The highest BCUT2D eigenvalue weighted by Crippen LogP contribution is 2.37. The van der Waals surface area contributed by atoms with Gasteiger partial charge in [0.1, 0.15) is 0 Å². The quantitative estimate of drug-likeness (QED) is 0.880. The molecule has 1 N–H and O–H groups in total. The zero-order valence-electron chi connectivity index (χ0n) is 11.4. The van der Waals surface area contributed by atoms with Crippen LogP contribution < -0.4 is 0 Å². The molecule has 0 amide bonds. The van der Waals surface area contributed by atoms with Gasteiger partial charge in [-0.15, -0.1) is 0 Å². The summed E-state index contributed by atoms with van der Waals surface area (Å²) in [5, 5.41) is 11.5. The van der Waals surface area contributed by atoms with Crippen molar-refractivity contribution < 1.29 is 9.84 Å². The van der Waals surface area contributed by atoms with Crippen LogP contribution in [-0.4, -0.2) is 22.9 Å². The number of hydrogen-bond acceptors (Lipinski definition) is 2. The van der Waals surface area contributed by atoms with Gasteiger partial charge in [0.2, 0.25) is 0 Å². The van der Waals surface area contributed by atoms with Gasteiger partial charge >= 0.3 is 0 Å². The van der Waals surface area contributed by atoms with Crippen molar-refractivity contribution in [2.24, 2.45) is 0 Å². The molecular formula is C15H20BrClO2. The van der Waals surface area contributed by atoms with Gasteiger partial charge in [0.25, 0.3) is 0 Å². The monoisotopic (exact) mass is 346 g/mol. The summed E-state index contributed by atoms with van der Waals surface area (Å²) in [4.78, 5) is 0. The fourth-order valence-electron chi connectivity index (χ4n) is 2.72. The fraction of sp³-hybridized carbons (Fsp3) is 0.600. The third-order valence-corrected chi connectivity index (χ3v) is 4.85. The van der Waals surface area contributed by atoms with Crippen LogP contribution >= 0.6 is 27.5 Å². The van der Waals surface area contributed by atoms with E-state index in [2.05, 4.69) is 29.8 Å². The molecule has 0 aromatic heterocycles. The summed E-state index contributed by atoms with van der Waals surface area (Å²) in [6.45, 7) is 4.77. The van der Waals surface area contributed by atoms with Gasteiger partial charge in [0.15, 0.2) is 0 Å². The Morgan fingerprint density at radius 3 is 2.84 bits per heavy atom. The van der Waals surface area contributed by atoms with E-state index in [9.17, 15) is 5.11 Å². The zero-order valence-corrected chi connectivity index (χ0v) is 13.7. The second-order valence-corrected chi connectivity index (χ2v) is 7.04. The van der Waals surface area contributed by atoms with Crippen LogP contribution in [0.1, 0.15) is 38.7 Å². The van der Waals surface area contributed by atoms with E-state index in [1.807, 2.05) is 18.2 Å². The number of rotatable bonds is 3. The Balaban J connectivity index is 2.16. The molecule has 1 aliphatic heterocycles. The highest BCUT2D eigenvalue weighted by molar-refractivity contribution is 9.10. The van der Waals surface area contributed by atoms with Crippen molar-refractivity contribution in [3.05, 3.63) is 33.3 Å². The van der Waals surface area contributed by atoms with Gasteiger partial charge in [0.05, 0.1) is 17.8 Å². The Bertz CT molecular complexity index is 465. The molecule has 0 spiro atoms. The van der Waals surface area contributed by atoms with E-state index in [0.717, 1.165) is 16.5 Å². The lowest BCUT2D eigenvalue weighted by molar-refractivity contribution is -0.152. The van der Waals surface area contributed by atoms with E-state index in [1.165, 1.54) is 0 Å². The van der Waals surface area contributed by atoms with Crippen molar-refractivity contribution in [2.45, 2.75) is 50.7 Å². The first-order chi connectivity index (χ1) is 8.86. The van der Waals surface area contributed by atoms with E-state index in [1.54, 1.807) is 0 Å². The van der Waals surface area contributed by atoms with Gasteiger partial charge in [-0.05, 0) is 37.5 Å². The third-order valence-electron chi connectivity index (χ3n) is 4.00. The van der Waals surface area contributed by atoms with Gasteiger partial charge in [-0.3, -0.25) is 0 Å². The van der Waals surface area contributed by atoms with Gasteiger partial charge in [-0.25, -0.2) is 0 Å². The van der Waals surface area contributed by atoms with Gasteiger partial charge in [0, 0.05) is 22.3 Å². The molecule has 1 heterocycles. The van der Waals surface area contributed by atoms with E-state index in [-0.39, 0.29) is 5.60 Å². The topological polar surface area (TPSA) is 29.5 Å². The van der Waals surface area contributed by atoms with E-state index < -0.39 is 5.60 Å². The van der Waals surface area contributed by atoms with Crippen LogP contribution in [0.4, 0.5) is 0 Å². The van der Waals surface area contributed by atoms with Crippen molar-refractivity contribution in [1.82, 2.24) is 0 Å². The SMILES string of the molecule is CCC1(C)CC(O)(Cc2ccc(Br)cc2Cl)CCO1. The van der Waals surface area contributed by atoms with Crippen LogP contribution in [0.15, 0.2) is 22.7 Å². The Hall–Kier alpha value is -0.0900. The van der Waals surface area contributed by atoms with Crippen LogP contribution in [0.3, 0.4) is 0 Å². The number of ether oxygens (including phenoxy) is 1. The molecule has 0 bridgehead atoms. The molecule has 19 heavy (non-hydrogen) atoms. The van der Waals surface area contributed by atoms with Crippen molar-refractivity contribution in [3.63, 3.8) is 0 Å². The molecular weight excluding hydrogens is 328 g/mol. The van der Waals surface area contributed by atoms with Crippen LogP contribution in [0.25, 0.3) is 0 Å². The maximum atomic E-state index is 10.8. The zero-order chi connectivity index (χ0) is 14.1. The molecule has 1 aliphatic rings. The molecule has 1 aromatic carbocycles. The fourth-order valence-corrected chi connectivity index (χ4v) is 3.46. The first-order valence-electron chi connectivity index (χ1n) is 6.66. The first-order valence-corrected chi connectivity index (χ1v) is 7.83. The summed E-state index contributed by atoms with van der Waals surface area (Å²) in [5.41, 5.74) is 0.0442. The van der Waals surface area contributed by atoms with E-state index in [0.29, 0.717) is 30.9 Å². The standard InChI is InChI=1S/C15H20BrClO2/c1-3-14(2)10-15(18,6-7-19-14)9-11-4-5-12(16)8-13(11)17/h4-5,8,18H,3,6-7,9-10H2,1-2H3. The van der Waals surface area contributed by atoms with E-state index >= 15 is 0 Å². The number of hydrogen-bond donors (Lipinski definition) is 1. The van der Waals surface area contributed by atoms with Crippen molar-refractivity contribution in [1.29, 1.82) is 0 Å². The minimum atomic E-state index is -0.722. The summed E-state index contributed by atoms with van der Waals surface area (Å²) in [5.74, 6) is 0. The lowest BCUT2D eigenvalue weighted by Gasteiger charge is -2.43. The average molecular weight is 348 g/mol. The second kappa shape index (κ2) is 5.72. The second-order valence-electron chi connectivity index (χ2n) is 5.72. The minimum absolute atomic E-state index is 0.227. The average Bonchev–Trinajstić information content (AvgIpc) is 2.33. The molecule has 1 aromatic rings. The van der Waals surface area contributed by atoms with Crippen molar-refractivity contribution in [2.75, 3.05) is 6.61 Å². The van der Waals surface area contributed by atoms with Gasteiger partial charge < -0.3 is 9.84 Å². The Morgan fingerprint density at radius 2 is 2.21 bits per heavy atom. The van der Waals surface area contributed by atoms with E-state index in [4.69, 9.17) is 16.3 Å². The number of halogens is 2. The summed E-state index contributed by atoms with van der Waals surface area (Å²) in [6.07, 6.45) is 2.80. The molecule has 2 nitrogen and oxygen atoms in total. The van der Waals surface area contributed by atoms with Crippen molar-refractivity contribution >= 4 is 27.5 Å². The third kappa shape index (κ3) is 3.72. The molecule has 0 saturated carbocycles. The molecule has 0 aliphatic carbocycles. The van der Waals surface area contributed by atoms with Crippen LogP contribution in [-0.2, 0) is 11.2 Å². The molecule has 0 radical (unpaired) electrons. The lowest BCUT2D eigenvalue weighted by Crippen LogP contribution is -2.48. The predicted octanol–water partition coefficient (Wildman–Crippen LogP) is 4.36. The Kier molecular flexibility index (Phi) is 4.61. The molecule has 1 saturated heterocycles. The highest BCUT2D eigenvalue weighted by Gasteiger charge is 2.41.